The minimum absolute atomic E-state index is 0.0755. The highest BCUT2D eigenvalue weighted by atomic mass is 32.2. The minimum Gasteiger partial charge on any atom is -0.549 e. The zero-order valence-corrected chi connectivity index (χ0v) is 13.6. The Hall–Kier alpha value is -2.80. The average molecular weight is 340 g/mol. The summed E-state index contributed by atoms with van der Waals surface area (Å²) >= 11 is 1.04. The molecule has 0 aliphatic heterocycles. The SMILES string of the molecule is C[C@H](Sc1nnc(-c2ccccc2O)n1-c1ccccc1)C(=O)[O-]. The fourth-order valence-corrected chi connectivity index (χ4v) is 3.00. The lowest BCUT2D eigenvalue weighted by atomic mass is 10.2. The van der Waals surface area contributed by atoms with Crippen LogP contribution in [0.2, 0.25) is 0 Å². The van der Waals surface area contributed by atoms with Gasteiger partial charge in [0, 0.05) is 10.9 Å². The van der Waals surface area contributed by atoms with Crippen molar-refractivity contribution >= 4 is 17.7 Å². The van der Waals surface area contributed by atoms with Crippen LogP contribution < -0.4 is 5.11 Å². The lowest BCUT2D eigenvalue weighted by molar-refractivity contribution is -0.304. The number of aromatic nitrogens is 3. The van der Waals surface area contributed by atoms with Crippen LogP contribution >= 0.6 is 11.8 Å². The highest BCUT2D eigenvalue weighted by Gasteiger charge is 2.20. The van der Waals surface area contributed by atoms with Crippen LogP contribution in [0.25, 0.3) is 17.1 Å². The van der Waals surface area contributed by atoms with Crippen LogP contribution in [-0.4, -0.2) is 31.1 Å². The van der Waals surface area contributed by atoms with Crippen molar-refractivity contribution in [2.75, 3.05) is 0 Å². The Kier molecular flexibility index (Phi) is 4.52. The zero-order chi connectivity index (χ0) is 17.1. The van der Waals surface area contributed by atoms with Gasteiger partial charge in [-0.1, -0.05) is 42.1 Å². The Morgan fingerprint density at radius 3 is 2.46 bits per heavy atom. The number of benzene rings is 2. The van der Waals surface area contributed by atoms with Crippen molar-refractivity contribution in [1.29, 1.82) is 0 Å². The summed E-state index contributed by atoms with van der Waals surface area (Å²) in [7, 11) is 0. The van der Waals surface area contributed by atoms with E-state index >= 15 is 0 Å². The molecule has 0 unspecified atom stereocenters. The average Bonchev–Trinajstić information content (AvgIpc) is 2.99. The van der Waals surface area contributed by atoms with Gasteiger partial charge in [-0.3, -0.25) is 4.57 Å². The summed E-state index contributed by atoms with van der Waals surface area (Å²) in [5, 5.41) is 29.1. The van der Waals surface area contributed by atoms with Crippen molar-refractivity contribution in [2.45, 2.75) is 17.3 Å². The minimum atomic E-state index is -1.17. The molecule has 122 valence electrons. The topological polar surface area (TPSA) is 91.1 Å². The van der Waals surface area contributed by atoms with E-state index < -0.39 is 11.2 Å². The van der Waals surface area contributed by atoms with Crippen LogP contribution in [0, 0.1) is 0 Å². The second kappa shape index (κ2) is 6.76. The molecule has 0 aliphatic carbocycles. The van der Waals surface area contributed by atoms with Gasteiger partial charge in [-0.2, -0.15) is 0 Å². The van der Waals surface area contributed by atoms with Gasteiger partial charge in [-0.25, -0.2) is 0 Å². The molecule has 0 radical (unpaired) electrons. The summed E-state index contributed by atoms with van der Waals surface area (Å²) in [6.07, 6.45) is 0. The molecule has 2 aromatic carbocycles. The molecule has 0 spiro atoms. The fourth-order valence-electron chi connectivity index (χ4n) is 2.20. The molecule has 1 N–H and O–H groups in total. The maximum atomic E-state index is 11.1. The molecule has 24 heavy (non-hydrogen) atoms. The van der Waals surface area contributed by atoms with E-state index in [9.17, 15) is 15.0 Å². The summed E-state index contributed by atoms with van der Waals surface area (Å²) in [6, 6.07) is 16.1. The van der Waals surface area contributed by atoms with E-state index in [1.165, 1.54) is 6.92 Å². The number of aromatic hydroxyl groups is 1. The predicted molar refractivity (Wildman–Crippen MR) is 88.8 cm³/mol. The van der Waals surface area contributed by atoms with Gasteiger partial charge in [-0.05, 0) is 31.2 Å². The number of carbonyl (C=O) groups is 1. The van der Waals surface area contributed by atoms with Gasteiger partial charge in [0.2, 0.25) is 0 Å². The van der Waals surface area contributed by atoms with E-state index in [1.807, 2.05) is 30.3 Å². The Morgan fingerprint density at radius 1 is 1.12 bits per heavy atom. The fraction of sp³-hybridized carbons (Fsp3) is 0.118. The Bertz CT molecular complexity index is 865. The third kappa shape index (κ3) is 3.11. The largest absolute Gasteiger partial charge is 0.549 e. The Labute approximate surface area is 142 Å². The molecule has 0 bridgehead atoms. The van der Waals surface area contributed by atoms with E-state index in [4.69, 9.17) is 0 Å². The molecule has 0 saturated carbocycles. The van der Waals surface area contributed by atoms with Crippen molar-refractivity contribution in [1.82, 2.24) is 14.8 Å². The van der Waals surface area contributed by atoms with Gasteiger partial charge in [0.05, 0.1) is 11.5 Å². The maximum Gasteiger partial charge on any atom is 0.196 e. The van der Waals surface area contributed by atoms with Crippen molar-refractivity contribution in [2.24, 2.45) is 0 Å². The second-order valence-corrected chi connectivity index (χ2v) is 6.38. The number of carboxylic acid groups (broad SMARTS) is 1. The zero-order valence-electron chi connectivity index (χ0n) is 12.8. The van der Waals surface area contributed by atoms with Gasteiger partial charge < -0.3 is 15.0 Å². The summed E-state index contributed by atoms with van der Waals surface area (Å²) in [6.45, 7) is 1.53. The van der Waals surface area contributed by atoms with Gasteiger partial charge in [0.15, 0.2) is 11.0 Å². The first-order chi connectivity index (χ1) is 11.6. The number of carbonyl (C=O) groups excluding carboxylic acids is 1. The molecule has 0 aliphatic rings. The van der Waals surface area contributed by atoms with Gasteiger partial charge >= 0.3 is 0 Å². The van der Waals surface area contributed by atoms with E-state index in [2.05, 4.69) is 10.2 Å². The Morgan fingerprint density at radius 2 is 1.79 bits per heavy atom. The van der Waals surface area contributed by atoms with Crippen LogP contribution in [0.5, 0.6) is 5.75 Å². The Balaban J connectivity index is 2.15. The van der Waals surface area contributed by atoms with Crippen molar-refractivity contribution in [3.05, 3.63) is 54.6 Å². The summed E-state index contributed by atoms with van der Waals surface area (Å²) in [4.78, 5) is 11.1. The van der Waals surface area contributed by atoms with Crippen LogP contribution in [-0.2, 0) is 4.79 Å². The van der Waals surface area contributed by atoms with Crippen LogP contribution in [0.4, 0.5) is 0 Å². The van der Waals surface area contributed by atoms with Crippen molar-refractivity contribution in [3.8, 4) is 22.8 Å². The van der Waals surface area contributed by atoms with Gasteiger partial charge in [0.25, 0.3) is 0 Å². The third-order valence-corrected chi connectivity index (χ3v) is 4.43. The molecule has 1 heterocycles. The molecule has 3 rings (SSSR count). The number of phenols is 1. The van der Waals surface area contributed by atoms with Crippen LogP contribution in [0.15, 0.2) is 59.8 Å². The van der Waals surface area contributed by atoms with Crippen molar-refractivity contribution < 1.29 is 15.0 Å². The third-order valence-electron chi connectivity index (χ3n) is 3.41. The summed E-state index contributed by atoms with van der Waals surface area (Å²) in [5.74, 6) is -0.661. The number of phenolic OH excluding ortho intramolecular Hbond substituents is 1. The number of thioether (sulfide) groups is 1. The number of rotatable bonds is 5. The van der Waals surface area contributed by atoms with Crippen molar-refractivity contribution in [3.63, 3.8) is 0 Å². The molecule has 0 saturated heterocycles. The molecule has 1 atom stereocenters. The monoisotopic (exact) mass is 340 g/mol. The summed E-state index contributed by atoms with van der Waals surface area (Å²) < 4.78 is 1.72. The molecule has 1 aromatic heterocycles. The normalized spacial score (nSPS) is 12.0. The lowest BCUT2D eigenvalue weighted by Crippen LogP contribution is -2.31. The lowest BCUT2D eigenvalue weighted by Gasteiger charge is -2.14. The highest BCUT2D eigenvalue weighted by molar-refractivity contribution is 8.00. The maximum absolute atomic E-state index is 11.1. The number of hydrogen-bond donors (Lipinski definition) is 1. The van der Waals surface area contributed by atoms with E-state index in [1.54, 1.807) is 28.8 Å². The molecular formula is C17H14N3O3S-. The number of hydrogen-bond acceptors (Lipinski definition) is 6. The number of para-hydroxylation sites is 2. The van der Waals surface area contributed by atoms with E-state index in [-0.39, 0.29) is 5.75 Å². The second-order valence-electron chi connectivity index (χ2n) is 5.07. The van der Waals surface area contributed by atoms with Gasteiger partial charge in [0.1, 0.15) is 5.75 Å². The van der Waals surface area contributed by atoms with Gasteiger partial charge in [-0.15, -0.1) is 10.2 Å². The first-order valence-electron chi connectivity index (χ1n) is 7.24. The number of aliphatic carboxylic acids is 1. The first kappa shape index (κ1) is 16.1. The number of nitrogens with zero attached hydrogens (tertiary/aromatic N) is 3. The predicted octanol–water partition coefficient (Wildman–Crippen LogP) is 1.87. The quantitative estimate of drug-likeness (QED) is 0.713. The molecule has 0 amide bonds. The molecule has 7 heteroatoms. The molecule has 0 fully saturated rings. The first-order valence-corrected chi connectivity index (χ1v) is 8.12. The van der Waals surface area contributed by atoms with E-state index in [0.29, 0.717) is 16.5 Å². The van der Waals surface area contributed by atoms with Crippen LogP contribution in [0.3, 0.4) is 0 Å². The molecule has 6 nitrogen and oxygen atoms in total. The molecular weight excluding hydrogens is 326 g/mol. The standard InChI is InChI=1S/C17H15N3O3S/c1-11(16(22)23)24-17-19-18-15(13-9-5-6-10-14(13)21)20(17)12-7-3-2-4-8-12/h2-11,21H,1H3,(H,22,23)/p-1/t11-/m0/s1. The number of carboxylic acids is 1. The molecule has 3 aromatic rings. The smallest absolute Gasteiger partial charge is 0.196 e. The highest BCUT2D eigenvalue weighted by Crippen LogP contribution is 2.33. The van der Waals surface area contributed by atoms with Crippen LogP contribution in [0.1, 0.15) is 6.92 Å². The summed E-state index contributed by atoms with van der Waals surface area (Å²) in [5.41, 5.74) is 1.29. The van der Waals surface area contributed by atoms with E-state index in [0.717, 1.165) is 17.4 Å².